The van der Waals surface area contributed by atoms with Gasteiger partial charge in [0.25, 0.3) is 0 Å². The van der Waals surface area contributed by atoms with Crippen molar-refractivity contribution in [3.05, 3.63) is 35.1 Å². The van der Waals surface area contributed by atoms with E-state index in [2.05, 4.69) is 15.3 Å². The molecule has 2 aromatic heterocycles. The van der Waals surface area contributed by atoms with Gasteiger partial charge in [-0.2, -0.15) is 0 Å². The van der Waals surface area contributed by atoms with E-state index in [1.54, 1.807) is 19.4 Å². The van der Waals surface area contributed by atoms with Gasteiger partial charge in [-0.05, 0) is 11.6 Å². The number of nitrogens with zero attached hydrogens (tertiary/aromatic N) is 2. The van der Waals surface area contributed by atoms with Crippen molar-refractivity contribution in [1.82, 2.24) is 9.97 Å². The van der Waals surface area contributed by atoms with E-state index in [1.807, 2.05) is 6.07 Å². The number of ether oxygens (including phenoxy) is 1. The van der Waals surface area contributed by atoms with Crippen LogP contribution in [0.3, 0.4) is 0 Å². The van der Waals surface area contributed by atoms with Crippen molar-refractivity contribution in [3.8, 4) is 5.88 Å². The van der Waals surface area contributed by atoms with E-state index in [0.717, 1.165) is 5.56 Å². The maximum Gasteiger partial charge on any atom is 0.357 e. The van der Waals surface area contributed by atoms with Crippen LogP contribution >= 0.6 is 11.3 Å². The molecule has 2 aromatic rings. The molecule has 0 atom stereocenters. The molecule has 0 aliphatic rings. The largest absolute Gasteiger partial charge is 0.481 e. The van der Waals surface area contributed by atoms with Crippen molar-refractivity contribution in [1.29, 1.82) is 0 Å². The summed E-state index contributed by atoms with van der Waals surface area (Å²) in [6.45, 7) is 0.487. The molecule has 0 bridgehead atoms. The summed E-state index contributed by atoms with van der Waals surface area (Å²) >= 11 is 1.26. The molecule has 6 nitrogen and oxygen atoms in total. The molecule has 7 heteroatoms. The third-order valence-corrected chi connectivity index (χ3v) is 3.02. The number of anilines is 1. The number of rotatable bonds is 5. The maximum atomic E-state index is 10.9. The molecule has 0 aliphatic carbocycles. The van der Waals surface area contributed by atoms with Crippen molar-refractivity contribution in [2.75, 3.05) is 12.4 Å². The van der Waals surface area contributed by atoms with Crippen LogP contribution in [0.25, 0.3) is 0 Å². The van der Waals surface area contributed by atoms with E-state index in [1.165, 1.54) is 16.8 Å². The summed E-state index contributed by atoms with van der Waals surface area (Å²) in [5.74, 6) is -0.511. The zero-order chi connectivity index (χ0) is 13.0. The summed E-state index contributed by atoms with van der Waals surface area (Å²) in [5.41, 5.74) is 2.49. The maximum absolute atomic E-state index is 10.9. The van der Waals surface area contributed by atoms with Crippen LogP contribution in [0.4, 0.5) is 5.00 Å². The van der Waals surface area contributed by atoms with E-state index >= 15 is 0 Å². The van der Waals surface area contributed by atoms with Crippen molar-refractivity contribution in [3.63, 3.8) is 0 Å². The van der Waals surface area contributed by atoms with Gasteiger partial charge in [0.05, 0.1) is 12.6 Å². The number of hydrogen-bond donors (Lipinski definition) is 2. The molecule has 0 spiro atoms. The van der Waals surface area contributed by atoms with Gasteiger partial charge in [0.15, 0.2) is 5.69 Å². The van der Waals surface area contributed by atoms with Crippen LogP contribution in [0.1, 0.15) is 16.1 Å². The van der Waals surface area contributed by atoms with Crippen LogP contribution in [0.15, 0.2) is 23.8 Å². The zero-order valence-electron chi connectivity index (χ0n) is 9.58. The number of thiazole rings is 1. The van der Waals surface area contributed by atoms with Crippen molar-refractivity contribution < 1.29 is 14.6 Å². The molecule has 0 saturated carbocycles. The van der Waals surface area contributed by atoms with E-state index in [4.69, 9.17) is 9.84 Å². The highest BCUT2D eigenvalue weighted by molar-refractivity contribution is 7.14. The molecular weight excluding hydrogens is 254 g/mol. The first-order valence-corrected chi connectivity index (χ1v) is 5.98. The minimum Gasteiger partial charge on any atom is -0.481 e. The van der Waals surface area contributed by atoms with Gasteiger partial charge in [-0.15, -0.1) is 11.3 Å². The van der Waals surface area contributed by atoms with Crippen LogP contribution < -0.4 is 10.1 Å². The van der Waals surface area contributed by atoms with Crippen LogP contribution in [-0.4, -0.2) is 28.2 Å². The lowest BCUT2D eigenvalue weighted by molar-refractivity contribution is 0.0692. The molecule has 2 heterocycles. The van der Waals surface area contributed by atoms with Gasteiger partial charge in [-0.3, -0.25) is 0 Å². The molecule has 2 rings (SSSR count). The third kappa shape index (κ3) is 2.75. The van der Waals surface area contributed by atoms with Gasteiger partial charge < -0.3 is 15.2 Å². The Balaban J connectivity index is 2.06. The number of carboxylic acid groups (broad SMARTS) is 1. The minimum absolute atomic E-state index is 0.0426. The predicted octanol–water partition coefficient (Wildman–Crippen LogP) is 1.86. The molecule has 0 radical (unpaired) electrons. The Morgan fingerprint density at radius 2 is 2.39 bits per heavy atom. The van der Waals surface area contributed by atoms with Crippen molar-refractivity contribution in [2.45, 2.75) is 6.54 Å². The molecule has 94 valence electrons. The second kappa shape index (κ2) is 5.46. The Bertz CT molecular complexity index is 556. The molecule has 0 aromatic carbocycles. The fraction of sp³-hybridized carbons (Fsp3) is 0.182. The van der Waals surface area contributed by atoms with Crippen LogP contribution in [0.5, 0.6) is 5.88 Å². The molecule has 2 N–H and O–H groups in total. The highest BCUT2D eigenvalue weighted by Gasteiger charge is 2.12. The summed E-state index contributed by atoms with van der Waals surface area (Å²) in [6.07, 6.45) is 1.64. The second-order valence-electron chi connectivity index (χ2n) is 3.40. The lowest BCUT2D eigenvalue weighted by Crippen LogP contribution is -2.05. The molecule has 0 saturated heterocycles. The molecule has 0 unspecified atom stereocenters. The fourth-order valence-electron chi connectivity index (χ4n) is 1.38. The normalized spacial score (nSPS) is 10.1. The lowest BCUT2D eigenvalue weighted by atomic mass is 10.2. The van der Waals surface area contributed by atoms with Gasteiger partial charge in [0.2, 0.25) is 5.88 Å². The monoisotopic (exact) mass is 265 g/mol. The lowest BCUT2D eigenvalue weighted by Gasteiger charge is -2.05. The number of carbonyl (C=O) groups is 1. The Labute approximate surface area is 107 Å². The molecule has 0 aliphatic heterocycles. The van der Waals surface area contributed by atoms with Gasteiger partial charge in [0, 0.05) is 18.8 Å². The summed E-state index contributed by atoms with van der Waals surface area (Å²) < 4.78 is 5.01. The quantitative estimate of drug-likeness (QED) is 0.858. The summed E-state index contributed by atoms with van der Waals surface area (Å²) in [7, 11) is 1.55. The minimum atomic E-state index is -1.04. The Kier molecular flexibility index (Phi) is 3.73. The van der Waals surface area contributed by atoms with Crippen LogP contribution in [0, 0.1) is 0 Å². The highest BCUT2D eigenvalue weighted by atomic mass is 32.1. The third-order valence-electron chi connectivity index (χ3n) is 2.23. The number of nitrogens with one attached hydrogen (secondary N) is 1. The number of hydrogen-bond acceptors (Lipinski definition) is 6. The topological polar surface area (TPSA) is 84.3 Å². The molecule has 18 heavy (non-hydrogen) atoms. The summed E-state index contributed by atoms with van der Waals surface area (Å²) in [5, 5.41) is 12.5. The SMILES string of the molecule is COc1cc(CNc2scnc2C(=O)O)ccn1. The van der Waals surface area contributed by atoms with Crippen LogP contribution in [-0.2, 0) is 6.54 Å². The average molecular weight is 265 g/mol. The number of carboxylic acids is 1. The Morgan fingerprint density at radius 3 is 3.11 bits per heavy atom. The molecular formula is C11H11N3O3S. The van der Waals surface area contributed by atoms with Gasteiger partial charge >= 0.3 is 5.97 Å². The Hall–Kier alpha value is -2.15. The Morgan fingerprint density at radius 1 is 1.56 bits per heavy atom. The average Bonchev–Trinajstić information content (AvgIpc) is 2.85. The van der Waals surface area contributed by atoms with Crippen molar-refractivity contribution >= 4 is 22.3 Å². The first-order valence-electron chi connectivity index (χ1n) is 5.10. The first kappa shape index (κ1) is 12.3. The van der Waals surface area contributed by atoms with E-state index in [9.17, 15) is 4.79 Å². The number of pyridine rings is 1. The first-order chi connectivity index (χ1) is 8.70. The van der Waals surface area contributed by atoms with E-state index in [-0.39, 0.29) is 5.69 Å². The van der Waals surface area contributed by atoms with Crippen molar-refractivity contribution in [2.24, 2.45) is 0 Å². The molecule has 0 fully saturated rings. The van der Waals surface area contributed by atoms with Crippen LogP contribution in [0.2, 0.25) is 0 Å². The number of methoxy groups -OCH3 is 1. The highest BCUT2D eigenvalue weighted by Crippen LogP contribution is 2.21. The van der Waals surface area contributed by atoms with E-state index < -0.39 is 5.97 Å². The number of aromatic nitrogens is 2. The summed E-state index contributed by atoms with van der Waals surface area (Å²) in [4.78, 5) is 18.6. The predicted molar refractivity (Wildman–Crippen MR) is 67.2 cm³/mol. The van der Waals surface area contributed by atoms with Gasteiger partial charge in [-0.25, -0.2) is 14.8 Å². The second-order valence-corrected chi connectivity index (χ2v) is 4.25. The smallest absolute Gasteiger partial charge is 0.357 e. The number of aromatic carboxylic acids is 1. The molecule has 0 amide bonds. The fourth-order valence-corrected chi connectivity index (χ4v) is 2.05. The standard InChI is InChI=1S/C11H11N3O3S/c1-17-8-4-7(2-3-12-8)5-13-10-9(11(15)16)14-6-18-10/h2-4,6,13H,5H2,1H3,(H,15,16). The zero-order valence-corrected chi connectivity index (χ0v) is 10.4. The summed E-state index contributed by atoms with van der Waals surface area (Å²) in [6, 6.07) is 3.62. The van der Waals surface area contributed by atoms with Gasteiger partial charge in [0.1, 0.15) is 5.00 Å². The van der Waals surface area contributed by atoms with E-state index in [0.29, 0.717) is 17.4 Å². The van der Waals surface area contributed by atoms with Gasteiger partial charge in [-0.1, -0.05) is 0 Å².